The molecule has 0 atom stereocenters. The van der Waals surface area contributed by atoms with E-state index >= 15 is 0 Å². The average Bonchev–Trinajstić information content (AvgIpc) is 2.98. The third-order valence-electron chi connectivity index (χ3n) is 2.62. The highest BCUT2D eigenvalue weighted by atomic mass is 32.1. The highest BCUT2D eigenvalue weighted by Gasteiger charge is 2.05. The molecule has 0 saturated heterocycles. The Bertz CT molecular complexity index is 606. The van der Waals surface area contributed by atoms with E-state index in [1.807, 2.05) is 13.8 Å². The maximum atomic E-state index is 4.49. The summed E-state index contributed by atoms with van der Waals surface area (Å²) < 4.78 is 0. The molecule has 0 fully saturated rings. The Hall–Kier alpha value is -1.52. The van der Waals surface area contributed by atoms with Gasteiger partial charge in [-0.15, -0.1) is 22.7 Å². The molecule has 0 N–H and O–H groups in total. The first kappa shape index (κ1) is 11.6. The topological polar surface area (TPSA) is 25.8 Å². The predicted octanol–water partition coefficient (Wildman–Crippen LogP) is 4.55. The second-order valence-corrected chi connectivity index (χ2v) is 5.88. The second kappa shape index (κ2) is 4.63. The van der Waals surface area contributed by atoms with Crippen LogP contribution < -0.4 is 0 Å². The summed E-state index contributed by atoms with van der Waals surface area (Å²) >= 11 is 3.37. The van der Waals surface area contributed by atoms with Crippen LogP contribution in [0.25, 0.3) is 21.1 Å². The first-order chi connectivity index (χ1) is 8.72. The van der Waals surface area contributed by atoms with Crippen molar-refractivity contribution >= 4 is 22.7 Å². The third-order valence-corrected chi connectivity index (χ3v) is 4.64. The Kier molecular flexibility index (Phi) is 2.97. The van der Waals surface area contributed by atoms with Crippen LogP contribution in [0.15, 0.2) is 35.0 Å². The molecule has 0 bridgehead atoms. The molecule has 0 spiro atoms. The molecule has 0 unspecified atom stereocenters. The standard InChI is InChI=1S/C14H12N2S2/c1-9-7-17-13(15-9)11-3-5-12(6-4-11)14-16-10(2)8-18-14/h3-8H,1-2H3. The fourth-order valence-corrected chi connectivity index (χ4v) is 3.34. The van der Waals surface area contributed by atoms with Crippen LogP contribution >= 0.6 is 22.7 Å². The van der Waals surface area contributed by atoms with Gasteiger partial charge in [-0.3, -0.25) is 0 Å². The highest BCUT2D eigenvalue weighted by Crippen LogP contribution is 2.28. The lowest BCUT2D eigenvalue weighted by Gasteiger charge is -1.99. The molecule has 3 rings (SSSR count). The van der Waals surface area contributed by atoms with Gasteiger partial charge >= 0.3 is 0 Å². The first-order valence-electron chi connectivity index (χ1n) is 5.67. The smallest absolute Gasteiger partial charge is 0.123 e. The molecule has 4 heteroatoms. The average molecular weight is 272 g/mol. The molecule has 90 valence electrons. The quantitative estimate of drug-likeness (QED) is 0.684. The lowest BCUT2D eigenvalue weighted by atomic mass is 10.1. The van der Waals surface area contributed by atoms with E-state index in [0.717, 1.165) is 21.4 Å². The lowest BCUT2D eigenvalue weighted by molar-refractivity contribution is 1.26. The number of thiazole rings is 2. The fraction of sp³-hybridized carbons (Fsp3) is 0.143. The van der Waals surface area contributed by atoms with E-state index in [4.69, 9.17) is 0 Å². The molecule has 2 heterocycles. The zero-order valence-electron chi connectivity index (χ0n) is 10.2. The van der Waals surface area contributed by atoms with Crippen LogP contribution in [0, 0.1) is 13.8 Å². The Morgan fingerprint density at radius 2 is 1.11 bits per heavy atom. The van der Waals surface area contributed by atoms with Gasteiger partial charge in [0.1, 0.15) is 10.0 Å². The van der Waals surface area contributed by atoms with Gasteiger partial charge in [-0.05, 0) is 13.8 Å². The highest BCUT2D eigenvalue weighted by molar-refractivity contribution is 7.13. The normalized spacial score (nSPS) is 10.8. The van der Waals surface area contributed by atoms with Crippen LogP contribution in [-0.4, -0.2) is 9.97 Å². The first-order valence-corrected chi connectivity index (χ1v) is 7.43. The van der Waals surface area contributed by atoms with Gasteiger partial charge in [-0.1, -0.05) is 24.3 Å². The van der Waals surface area contributed by atoms with Crippen molar-refractivity contribution in [1.29, 1.82) is 0 Å². The molecule has 2 aromatic heterocycles. The van der Waals surface area contributed by atoms with E-state index in [2.05, 4.69) is 45.0 Å². The van der Waals surface area contributed by atoms with E-state index in [9.17, 15) is 0 Å². The number of hydrogen-bond acceptors (Lipinski definition) is 4. The molecule has 0 amide bonds. The summed E-state index contributed by atoms with van der Waals surface area (Å²) in [6, 6.07) is 8.46. The second-order valence-electron chi connectivity index (χ2n) is 4.17. The van der Waals surface area contributed by atoms with Gasteiger partial charge in [0, 0.05) is 33.3 Å². The van der Waals surface area contributed by atoms with Gasteiger partial charge in [0.2, 0.25) is 0 Å². The zero-order valence-corrected chi connectivity index (χ0v) is 11.8. The van der Waals surface area contributed by atoms with E-state index in [-0.39, 0.29) is 0 Å². The number of rotatable bonds is 2. The number of aromatic nitrogens is 2. The third kappa shape index (κ3) is 2.21. The summed E-state index contributed by atoms with van der Waals surface area (Å²) in [7, 11) is 0. The molecule has 0 aliphatic carbocycles. The molecular formula is C14H12N2S2. The maximum Gasteiger partial charge on any atom is 0.123 e. The monoisotopic (exact) mass is 272 g/mol. The predicted molar refractivity (Wildman–Crippen MR) is 78.1 cm³/mol. The summed E-state index contributed by atoms with van der Waals surface area (Å²) in [6.45, 7) is 4.04. The molecule has 2 nitrogen and oxygen atoms in total. The minimum Gasteiger partial charge on any atom is -0.241 e. The number of benzene rings is 1. The zero-order chi connectivity index (χ0) is 12.5. The van der Waals surface area contributed by atoms with Crippen LogP contribution in [0.5, 0.6) is 0 Å². The van der Waals surface area contributed by atoms with Crippen LogP contribution in [0.3, 0.4) is 0 Å². The number of aryl methyl sites for hydroxylation is 2. The van der Waals surface area contributed by atoms with Gasteiger partial charge in [0.05, 0.1) is 0 Å². The van der Waals surface area contributed by atoms with Crippen LogP contribution in [-0.2, 0) is 0 Å². The van der Waals surface area contributed by atoms with Crippen molar-refractivity contribution in [2.45, 2.75) is 13.8 Å². The van der Waals surface area contributed by atoms with Gasteiger partial charge in [-0.2, -0.15) is 0 Å². The Labute approximate surface area is 114 Å². The van der Waals surface area contributed by atoms with Crippen molar-refractivity contribution in [2.24, 2.45) is 0 Å². The van der Waals surface area contributed by atoms with E-state index in [1.165, 1.54) is 11.1 Å². The molecular weight excluding hydrogens is 260 g/mol. The maximum absolute atomic E-state index is 4.49. The lowest BCUT2D eigenvalue weighted by Crippen LogP contribution is -1.80. The van der Waals surface area contributed by atoms with Gasteiger partial charge in [-0.25, -0.2) is 9.97 Å². The van der Waals surface area contributed by atoms with E-state index in [0.29, 0.717) is 0 Å². The molecule has 0 radical (unpaired) electrons. The molecule has 0 saturated carbocycles. The van der Waals surface area contributed by atoms with Crippen molar-refractivity contribution < 1.29 is 0 Å². The molecule has 0 aliphatic rings. The van der Waals surface area contributed by atoms with E-state index < -0.39 is 0 Å². The van der Waals surface area contributed by atoms with Crippen LogP contribution in [0.1, 0.15) is 11.4 Å². The molecule has 18 heavy (non-hydrogen) atoms. The minimum absolute atomic E-state index is 1.08. The van der Waals surface area contributed by atoms with Gasteiger partial charge in [0.25, 0.3) is 0 Å². The molecule has 3 aromatic rings. The summed E-state index contributed by atoms with van der Waals surface area (Å²) in [5, 5.41) is 6.31. The number of hydrogen-bond donors (Lipinski definition) is 0. The van der Waals surface area contributed by atoms with Crippen LogP contribution in [0.2, 0.25) is 0 Å². The van der Waals surface area contributed by atoms with Crippen molar-refractivity contribution in [3.05, 3.63) is 46.4 Å². The Morgan fingerprint density at radius 3 is 1.39 bits per heavy atom. The van der Waals surface area contributed by atoms with Crippen LogP contribution in [0.4, 0.5) is 0 Å². The van der Waals surface area contributed by atoms with Crippen molar-refractivity contribution in [1.82, 2.24) is 9.97 Å². The SMILES string of the molecule is Cc1csc(-c2ccc(-c3nc(C)cs3)cc2)n1. The van der Waals surface area contributed by atoms with Gasteiger partial charge in [0.15, 0.2) is 0 Å². The minimum atomic E-state index is 1.08. The number of nitrogens with zero attached hydrogens (tertiary/aromatic N) is 2. The summed E-state index contributed by atoms with van der Waals surface area (Å²) in [5.74, 6) is 0. The summed E-state index contributed by atoms with van der Waals surface area (Å²) in [4.78, 5) is 8.99. The van der Waals surface area contributed by atoms with Crippen molar-refractivity contribution in [3.8, 4) is 21.1 Å². The van der Waals surface area contributed by atoms with Crippen molar-refractivity contribution in [2.75, 3.05) is 0 Å². The van der Waals surface area contributed by atoms with E-state index in [1.54, 1.807) is 22.7 Å². The van der Waals surface area contributed by atoms with Gasteiger partial charge < -0.3 is 0 Å². The summed E-state index contributed by atoms with van der Waals surface area (Å²) in [5.41, 5.74) is 4.50. The molecule has 1 aromatic carbocycles. The fourth-order valence-electron chi connectivity index (χ4n) is 1.73. The Balaban J connectivity index is 1.94. The summed E-state index contributed by atoms with van der Waals surface area (Å²) in [6.07, 6.45) is 0. The largest absolute Gasteiger partial charge is 0.241 e. The molecule has 0 aliphatic heterocycles. The Morgan fingerprint density at radius 1 is 0.722 bits per heavy atom. The van der Waals surface area contributed by atoms with Crippen molar-refractivity contribution in [3.63, 3.8) is 0 Å².